The number of thioether (sulfide) groups is 1. The molecule has 0 aliphatic carbocycles. The van der Waals surface area contributed by atoms with Gasteiger partial charge in [0.25, 0.3) is 0 Å². The Bertz CT molecular complexity index is 321. The minimum atomic E-state index is -0.301. The van der Waals surface area contributed by atoms with Gasteiger partial charge < -0.3 is 10.6 Å². The molecule has 0 saturated heterocycles. The van der Waals surface area contributed by atoms with Gasteiger partial charge in [0, 0.05) is 14.1 Å². The summed E-state index contributed by atoms with van der Waals surface area (Å²) in [7, 11) is 3.25. The van der Waals surface area contributed by atoms with E-state index in [9.17, 15) is 4.79 Å². The normalized spacial score (nSPS) is 10.1. The molecule has 0 saturated carbocycles. The third-order valence-corrected chi connectivity index (χ3v) is 1.90. The lowest BCUT2D eigenvalue weighted by atomic mass is 10.8. The molecule has 0 spiro atoms. The number of hydrogen-bond donors (Lipinski definition) is 1. The number of anilines is 1. The van der Waals surface area contributed by atoms with Crippen molar-refractivity contribution in [2.75, 3.05) is 26.1 Å². The summed E-state index contributed by atoms with van der Waals surface area (Å²) >= 11 is 1.34. The van der Waals surface area contributed by atoms with Crippen LogP contribution in [0, 0.1) is 0 Å². The van der Waals surface area contributed by atoms with Crippen molar-refractivity contribution in [3.8, 4) is 0 Å². The van der Waals surface area contributed by atoms with Gasteiger partial charge in [-0.25, -0.2) is 4.79 Å². The van der Waals surface area contributed by atoms with Crippen LogP contribution in [0.1, 0.15) is 0 Å². The topological polar surface area (TPSA) is 77.0 Å². The molecule has 1 aromatic heterocycles. The van der Waals surface area contributed by atoms with Crippen molar-refractivity contribution in [2.24, 2.45) is 0 Å². The summed E-state index contributed by atoms with van der Waals surface area (Å²) in [6.07, 6.45) is 1.82. The summed E-state index contributed by atoms with van der Waals surface area (Å²) in [5.74, 6) is 0.114. The van der Waals surface area contributed by atoms with Gasteiger partial charge in [-0.05, 0) is 6.26 Å². The Labute approximate surface area is 80.1 Å². The Morgan fingerprint density at radius 2 is 2.23 bits per heavy atom. The summed E-state index contributed by atoms with van der Waals surface area (Å²) in [6, 6.07) is -0.301. The average Bonchev–Trinajstić information content (AvgIpc) is 2.45. The van der Waals surface area contributed by atoms with Crippen molar-refractivity contribution in [2.45, 2.75) is 5.16 Å². The third kappa shape index (κ3) is 1.92. The molecule has 6 nitrogen and oxygen atoms in total. The second-order valence-corrected chi connectivity index (χ2v) is 3.32. The highest BCUT2D eigenvalue weighted by atomic mass is 32.2. The van der Waals surface area contributed by atoms with E-state index in [1.54, 1.807) is 14.1 Å². The maximum atomic E-state index is 11.4. The van der Waals surface area contributed by atoms with Gasteiger partial charge in [-0.2, -0.15) is 4.98 Å². The van der Waals surface area contributed by atoms with Crippen molar-refractivity contribution < 1.29 is 4.79 Å². The first-order valence-corrected chi connectivity index (χ1v) is 4.77. The van der Waals surface area contributed by atoms with E-state index < -0.39 is 0 Å². The predicted octanol–water partition coefficient (Wildman–Crippen LogP) is 0.112. The smallest absolute Gasteiger partial charge is 0.347 e. The lowest BCUT2D eigenvalue weighted by Gasteiger charge is -2.08. The van der Waals surface area contributed by atoms with E-state index in [4.69, 9.17) is 5.73 Å². The van der Waals surface area contributed by atoms with Crippen LogP contribution in [0.25, 0.3) is 0 Å². The molecule has 72 valence electrons. The molecule has 1 heterocycles. The number of nitrogen functional groups attached to an aromatic ring is 1. The molecule has 0 atom stereocenters. The molecule has 2 N–H and O–H groups in total. The summed E-state index contributed by atoms with van der Waals surface area (Å²) in [6.45, 7) is 0. The molecule has 0 bridgehead atoms. The Balaban J connectivity index is 3.00. The molecule has 1 aromatic rings. The van der Waals surface area contributed by atoms with Crippen molar-refractivity contribution in [3.05, 3.63) is 0 Å². The number of carbonyl (C=O) groups excluding carboxylic acids is 1. The molecular formula is C6H11N5OS. The quantitative estimate of drug-likeness (QED) is 0.653. The second kappa shape index (κ2) is 3.65. The van der Waals surface area contributed by atoms with E-state index in [1.165, 1.54) is 16.7 Å². The predicted molar refractivity (Wildman–Crippen MR) is 50.7 cm³/mol. The van der Waals surface area contributed by atoms with Crippen LogP contribution in [-0.4, -0.2) is 46.0 Å². The first kappa shape index (κ1) is 9.85. The Morgan fingerprint density at radius 3 is 2.62 bits per heavy atom. The first-order valence-electron chi connectivity index (χ1n) is 3.54. The van der Waals surface area contributed by atoms with Crippen LogP contribution in [0.2, 0.25) is 0 Å². The third-order valence-electron chi connectivity index (χ3n) is 1.36. The maximum absolute atomic E-state index is 11.4. The Kier molecular flexibility index (Phi) is 2.76. The number of hydrogen-bond acceptors (Lipinski definition) is 5. The SMILES string of the molecule is CSc1nc(N)n(C(=O)N(C)C)n1. The van der Waals surface area contributed by atoms with Crippen LogP contribution in [0.4, 0.5) is 10.7 Å². The minimum Gasteiger partial charge on any atom is -0.368 e. The van der Waals surface area contributed by atoms with Gasteiger partial charge in [-0.3, -0.25) is 0 Å². The Hall–Kier alpha value is -1.24. The summed E-state index contributed by atoms with van der Waals surface area (Å²) < 4.78 is 1.08. The van der Waals surface area contributed by atoms with E-state index in [-0.39, 0.29) is 12.0 Å². The number of carbonyl (C=O) groups is 1. The first-order chi connectivity index (χ1) is 6.06. The molecule has 0 aromatic carbocycles. The van der Waals surface area contributed by atoms with E-state index in [0.717, 1.165) is 4.68 Å². The fourth-order valence-corrected chi connectivity index (χ4v) is 1.07. The van der Waals surface area contributed by atoms with Crippen LogP contribution in [0.5, 0.6) is 0 Å². The Morgan fingerprint density at radius 1 is 1.62 bits per heavy atom. The fraction of sp³-hybridized carbons (Fsp3) is 0.500. The molecule has 0 unspecified atom stereocenters. The number of amides is 1. The number of nitrogens with zero attached hydrogens (tertiary/aromatic N) is 4. The van der Waals surface area contributed by atoms with E-state index in [1.807, 2.05) is 6.26 Å². The number of aromatic nitrogens is 3. The number of nitrogens with two attached hydrogens (primary N) is 1. The summed E-state index contributed by atoms with van der Waals surface area (Å²) in [5, 5.41) is 4.40. The van der Waals surface area contributed by atoms with Gasteiger partial charge in [-0.1, -0.05) is 11.8 Å². The molecule has 7 heteroatoms. The lowest BCUT2D eigenvalue weighted by molar-refractivity contribution is 0.216. The van der Waals surface area contributed by atoms with Gasteiger partial charge in [0.15, 0.2) is 0 Å². The van der Waals surface area contributed by atoms with Crippen molar-refractivity contribution in [1.29, 1.82) is 0 Å². The molecule has 0 aliphatic rings. The lowest BCUT2D eigenvalue weighted by Crippen LogP contribution is -2.29. The van der Waals surface area contributed by atoms with Gasteiger partial charge in [-0.15, -0.1) is 9.78 Å². The standard InChI is InChI=1S/C6H11N5OS/c1-10(2)6(12)11-4(7)8-5(9-11)13-3/h1-3H3,(H2,7,8,9). The second-order valence-electron chi connectivity index (χ2n) is 2.55. The highest BCUT2D eigenvalue weighted by Gasteiger charge is 2.14. The highest BCUT2D eigenvalue weighted by molar-refractivity contribution is 7.98. The maximum Gasteiger partial charge on any atom is 0.347 e. The summed E-state index contributed by atoms with van der Waals surface area (Å²) in [5.41, 5.74) is 5.48. The van der Waals surface area contributed by atoms with Crippen LogP contribution in [-0.2, 0) is 0 Å². The highest BCUT2D eigenvalue weighted by Crippen LogP contribution is 2.10. The van der Waals surface area contributed by atoms with Crippen molar-refractivity contribution >= 4 is 23.7 Å². The van der Waals surface area contributed by atoms with E-state index >= 15 is 0 Å². The largest absolute Gasteiger partial charge is 0.368 e. The molecule has 13 heavy (non-hydrogen) atoms. The summed E-state index contributed by atoms with van der Waals surface area (Å²) in [4.78, 5) is 16.7. The molecular weight excluding hydrogens is 190 g/mol. The van der Waals surface area contributed by atoms with Crippen LogP contribution >= 0.6 is 11.8 Å². The van der Waals surface area contributed by atoms with E-state index in [2.05, 4.69) is 10.1 Å². The molecule has 0 fully saturated rings. The molecule has 1 amide bonds. The minimum absolute atomic E-state index is 0.114. The zero-order valence-electron chi connectivity index (χ0n) is 7.68. The van der Waals surface area contributed by atoms with Crippen LogP contribution < -0.4 is 5.73 Å². The van der Waals surface area contributed by atoms with Gasteiger partial charge in [0.1, 0.15) is 0 Å². The van der Waals surface area contributed by atoms with Crippen molar-refractivity contribution in [1.82, 2.24) is 19.7 Å². The molecule has 0 radical (unpaired) electrons. The number of rotatable bonds is 1. The van der Waals surface area contributed by atoms with Crippen LogP contribution in [0.15, 0.2) is 5.16 Å². The average molecular weight is 201 g/mol. The molecule has 0 aliphatic heterocycles. The zero-order chi connectivity index (χ0) is 10.0. The monoisotopic (exact) mass is 201 g/mol. The fourth-order valence-electron chi connectivity index (χ4n) is 0.721. The zero-order valence-corrected chi connectivity index (χ0v) is 8.50. The van der Waals surface area contributed by atoms with Gasteiger partial charge in [0.2, 0.25) is 11.1 Å². The van der Waals surface area contributed by atoms with Gasteiger partial charge >= 0.3 is 6.03 Å². The van der Waals surface area contributed by atoms with Gasteiger partial charge in [0.05, 0.1) is 0 Å². The van der Waals surface area contributed by atoms with E-state index in [0.29, 0.717) is 5.16 Å². The van der Waals surface area contributed by atoms with Crippen molar-refractivity contribution in [3.63, 3.8) is 0 Å². The molecule has 1 rings (SSSR count). The van der Waals surface area contributed by atoms with Crippen LogP contribution in [0.3, 0.4) is 0 Å².